The van der Waals surface area contributed by atoms with E-state index in [1.807, 2.05) is 121 Å². The molecule has 0 amide bonds. The van der Waals surface area contributed by atoms with Crippen LogP contribution in [0.25, 0.3) is 8.94 Å². The Hall–Kier alpha value is -3.78. The van der Waals surface area contributed by atoms with E-state index in [1.54, 1.807) is 12.2 Å². The van der Waals surface area contributed by atoms with Gasteiger partial charge in [-0.2, -0.15) is 0 Å². The number of hydrogen-bond acceptors (Lipinski definition) is 2. The first kappa shape index (κ1) is 22.4. The van der Waals surface area contributed by atoms with Crippen molar-refractivity contribution < 1.29 is 9.59 Å². The molecule has 0 aliphatic carbocycles. The van der Waals surface area contributed by atoms with E-state index in [1.165, 1.54) is 0 Å². The van der Waals surface area contributed by atoms with Crippen LogP contribution in [0.3, 0.4) is 0 Å². The summed E-state index contributed by atoms with van der Waals surface area (Å²) in [5.74, 6) is -0.0868. The van der Waals surface area contributed by atoms with Gasteiger partial charge in [0.1, 0.15) is 0 Å². The molecule has 0 heterocycles. The van der Waals surface area contributed by atoms with Gasteiger partial charge < -0.3 is 0 Å². The normalized spacial score (nSPS) is 11.8. The Bertz CT molecular complexity index is 1170. The molecule has 0 aromatic heterocycles. The summed E-state index contributed by atoms with van der Waals surface area (Å²) in [6.07, 6.45) is 3.43. The van der Waals surface area contributed by atoms with E-state index >= 15 is 0 Å². The Balaban J connectivity index is 1.76. The molecule has 0 aliphatic heterocycles. The van der Waals surface area contributed by atoms with Gasteiger partial charge in [-0.25, -0.2) is 0 Å². The van der Waals surface area contributed by atoms with Gasteiger partial charge >= 0.3 is 201 Å². The first-order chi connectivity index (χ1) is 16.2. The van der Waals surface area contributed by atoms with E-state index in [-0.39, 0.29) is 26.5 Å². The third kappa shape index (κ3) is 6.14. The Kier molecular flexibility index (Phi) is 7.60. The summed E-state index contributed by atoms with van der Waals surface area (Å²) in [4.78, 5) is 26.1. The molecule has 0 unspecified atom stereocenters. The molecule has 4 aromatic rings. The summed E-state index contributed by atoms with van der Waals surface area (Å²) in [7, 11) is 0. The molecule has 0 aliphatic rings. The van der Waals surface area contributed by atoms with Crippen LogP contribution in [0.2, 0.25) is 0 Å². The predicted molar refractivity (Wildman–Crippen MR) is 136 cm³/mol. The second-order valence-corrected chi connectivity index (χ2v) is 9.59. The van der Waals surface area contributed by atoms with Crippen LogP contribution in [0, 0.1) is 0 Å². The molecule has 0 atom stereocenters. The third-order valence-corrected chi connectivity index (χ3v) is 7.38. The molecule has 0 bridgehead atoms. The van der Waals surface area contributed by atoms with Crippen molar-refractivity contribution >= 4 is 35.5 Å². The van der Waals surface area contributed by atoms with Crippen LogP contribution in [0.1, 0.15) is 31.8 Å². The van der Waals surface area contributed by atoms with Crippen molar-refractivity contribution in [2.75, 3.05) is 0 Å². The Morgan fingerprint density at radius 2 is 0.697 bits per heavy atom. The molecule has 0 radical (unpaired) electrons. The quantitative estimate of drug-likeness (QED) is 0.159. The van der Waals surface area contributed by atoms with E-state index in [0.29, 0.717) is 11.1 Å². The van der Waals surface area contributed by atoms with E-state index in [2.05, 4.69) is 0 Å². The zero-order chi connectivity index (χ0) is 22.9. The Morgan fingerprint density at radius 1 is 0.424 bits per heavy atom. The topological polar surface area (TPSA) is 34.1 Å². The van der Waals surface area contributed by atoms with Crippen molar-refractivity contribution in [1.29, 1.82) is 0 Å². The molecule has 4 rings (SSSR count). The number of ketones is 2. The second-order valence-electron chi connectivity index (χ2n) is 7.31. The fourth-order valence-electron chi connectivity index (χ4n) is 3.28. The van der Waals surface area contributed by atoms with Crippen molar-refractivity contribution in [3.8, 4) is 0 Å². The number of benzene rings is 4. The molecular formula is C30H22O2Se. The van der Waals surface area contributed by atoms with E-state index in [0.717, 1.165) is 20.1 Å². The Labute approximate surface area is 200 Å². The molecule has 0 saturated carbocycles. The molecule has 0 N–H and O–H groups in total. The summed E-state index contributed by atoms with van der Waals surface area (Å²) in [6, 6.07) is 38.3. The minimum atomic E-state index is -0.280. The van der Waals surface area contributed by atoms with Crippen LogP contribution in [-0.4, -0.2) is 26.5 Å². The number of allylic oxidation sites excluding steroid dienone is 2. The van der Waals surface area contributed by atoms with Gasteiger partial charge in [-0.3, -0.25) is 0 Å². The van der Waals surface area contributed by atoms with Gasteiger partial charge in [0.05, 0.1) is 0 Å². The number of carbonyl (C=O) groups excluding carboxylic acids is 2. The summed E-state index contributed by atoms with van der Waals surface area (Å²) >= 11 is -0.280. The first-order valence-electron chi connectivity index (χ1n) is 10.6. The molecule has 33 heavy (non-hydrogen) atoms. The van der Waals surface area contributed by atoms with Gasteiger partial charge in [0.2, 0.25) is 0 Å². The molecule has 2 nitrogen and oxygen atoms in total. The van der Waals surface area contributed by atoms with Crippen LogP contribution >= 0.6 is 0 Å². The van der Waals surface area contributed by atoms with Crippen molar-refractivity contribution in [3.05, 3.63) is 156 Å². The number of rotatable bonds is 8. The average Bonchev–Trinajstić information content (AvgIpc) is 2.89. The van der Waals surface area contributed by atoms with Gasteiger partial charge in [-0.05, 0) is 0 Å². The summed E-state index contributed by atoms with van der Waals surface area (Å²) in [6.45, 7) is 0. The van der Waals surface area contributed by atoms with Crippen molar-refractivity contribution in [2.24, 2.45) is 0 Å². The average molecular weight is 493 g/mol. The van der Waals surface area contributed by atoms with Gasteiger partial charge in [0, 0.05) is 0 Å². The molecular weight excluding hydrogens is 471 g/mol. The summed E-state index contributed by atoms with van der Waals surface area (Å²) in [5.41, 5.74) is 3.26. The molecule has 0 fully saturated rings. The van der Waals surface area contributed by atoms with E-state index < -0.39 is 0 Å². The summed E-state index contributed by atoms with van der Waals surface area (Å²) in [5, 5.41) is 0. The predicted octanol–water partition coefficient (Wildman–Crippen LogP) is 6.54. The van der Waals surface area contributed by atoms with Crippen LogP contribution in [0.15, 0.2) is 133 Å². The molecule has 160 valence electrons. The second kappa shape index (κ2) is 11.2. The van der Waals surface area contributed by atoms with Crippen LogP contribution in [-0.2, 0) is 0 Å². The SMILES string of the molecule is O=C(C=C([Se]C(=CC(=O)c1ccccc1)c1ccccc1)c1ccccc1)c1ccccc1. The number of hydrogen-bond donors (Lipinski definition) is 0. The van der Waals surface area contributed by atoms with E-state index in [4.69, 9.17) is 0 Å². The molecule has 4 aromatic carbocycles. The van der Waals surface area contributed by atoms with Gasteiger partial charge in [0.15, 0.2) is 0 Å². The Morgan fingerprint density at radius 3 is 1.00 bits per heavy atom. The summed E-state index contributed by atoms with van der Waals surface area (Å²) < 4.78 is 1.85. The molecule has 3 heteroatoms. The zero-order valence-corrected chi connectivity index (χ0v) is 19.6. The van der Waals surface area contributed by atoms with E-state index in [9.17, 15) is 9.59 Å². The van der Waals surface area contributed by atoms with Crippen molar-refractivity contribution in [1.82, 2.24) is 0 Å². The van der Waals surface area contributed by atoms with Crippen LogP contribution in [0.5, 0.6) is 0 Å². The minimum absolute atomic E-state index is 0.0434. The fourth-order valence-corrected chi connectivity index (χ4v) is 5.54. The number of carbonyl (C=O) groups is 2. The van der Waals surface area contributed by atoms with Gasteiger partial charge in [-0.15, -0.1) is 0 Å². The fraction of sp³-hybridized carbons (Fsp3) is 0. The monoisotopic (exact) mass is 494 g/mol. The van der Waals surface area contributed by atoms with Crippen LogP contribution < -0.4 is 0 Å². The van der Waals surface area contributed by atoms with Crippen LogP contribution in [0.4, 0.5) is 0 Å². The zero-order valence-electron chi connectivity index (χ0n) is 17.9. The van der Waals surface area contributed by atoms with Crippen molar-refractivity contribution in [3.63, 3.8) is 0 Å². The standard InChI is InChI=1S/C30H22O2Se/c31-27(23-13-5-1-6-14-23)21-29(25-17-9-3-10-18-25)33-30(26-19-11-4-12-20-26)22-28(32)24-15-7-2-8-16-24/h1-22H. The van der Waals surface area contributed by atoms with Gasteiger partial charge in [0.25, 0.3) is 0 Å². The van der Waals surface area contributed by atoms with Crippen molar-refractivity contribution in [2.45, 2.75) is 0 Å². The van der Waals surface area contributed by atoms with Gasteiger partial charge in [-0.1, -0.05) is 0 Å². The third-order valence-electron chi connectivity index (χ3n) is 4.98. The maximum atomic E-state index is 13.0. The maximum absolute atomic E-state index is 13.0. The molecule has 0 spiro atoms. The first-order valence-corrected chi connectivity index (χ1v) is 12.3. The molecule has 0 saturated heterocycles.